The van der Waals surface area contributed by atoms with Crippen molar-refractivity contribution in [1.82, 2.24) is 23.9 Å². The van der Waals surface area contributed by atoms with Crippen LogP contribution in [0.5, 0.6) is 0 Å². The van der Waals surface area contributed by atoms with Gasteiger partial charge in [-0.2, -0.15) is 17.0 Å². The zero-order valence-corrected chi connectivity index (χ0v) is 16.4. The molecule has 2 heterocycles. The highest BCUT2D eigenvalue weighted by Gasteiger charge is 2.26. The van der Waals surface area contributed by atoms with Gasteiger partial charge in [0.15, 0.2) is 0 Å². The molecule has 9 heteroatoms. The summed E-state index contributed by atoms with van der Waals surface area (Å²) in [5, 5.41) is 6.45. The van der Waals surface area contributed by atoms with Crippen molar-refractivity contribution in [2.24, 2.45) is 0 Å². The van der Waals surface area contributed by atoms with Crippen molar-refractivity contribution in [3.05, 3.63) is 17.6 Å². The number of hydrogen-bond acceptors (Lipinski definition) is 6. The Labute approximate surface area is 151 Å². The first-order chi connectivity index (χ1) is 11.9. The highest BCUT2D eigenvalue weighted by molar-refractivity contribution is 7.86. The Morgan fingerprint density at radius 3 is 2.60 bits per heavy atom. The van der Waals surface area contributed by atoms with E-state index in [1.807, 2.05) is 27.0 Å². The molecule has 2 rings (SSSR count). The molecule has 142 valence electrons. The van der Waals surface area contributed by atoms with Crippen LogP contribution < -0.4 is 10.6 Å². The number of hydrogen-bond donors (Lipinski definition) is 2. The summed E-state index contributed by atoms with van der Waals surface area (Å²) in [5.41, 5.74) is 0.968. The maximum atomic E-state index is 12.6. The molecule has 1 saturated heterocycles. The van der Waals surface area contributed by atoms with Crippen molar-refractivity contribution in [2.75, 3.05) is 45.6 Å². The van der Waals surface area contributed by atoms with Gasteiger partial charge in [0, 0.05) is 45.7 Å². The van der Waals surface area contributed by atoms with Crippen molar-refractivity contribution in [3.8, 4) is 0 Å². The third-order valence-corrected chi connectivity index (χ3v) is 6.64. The SMILES string of the molecule is CCN(CC)S(=O)(=O)N(C)Cc1nc(NC)cc([C@H]2CCCNC2)n1. The lowest BCUT2D eigenvalue weighted by molar-refractivity contribution is 0.370. The largest absolute Gasteiger partial charge is 0.373 e. The molecule has 0 unspecified atom stereocenters. The van der Waals surface area contributed by atoms with Crippen molar-refractivity contribution in [2.45, 2.75) is 39.2 Å². The van der Waals surface area contributed by atoms with E-state index >= 15 is 0 Å². The van der Waals surface area contributed by atoms with Gasteiger partial charge < -0.3 is 10.6 Å². The molecule has 0 aliphatic carbocycles. The Bertz CT molecular complexity index is 657. The summed E-state index contributed by atoms with van der Waals surface area (Å²) in [5.74, 6) is 1.58. The Morgan fingerprint density at radius 1 is 1.32 bits per heavy atom. The lowest BCUT2D eigenvalue weighted by atomic mass is 9.96. The van der Waals surface area contributed by atoms with E-state index in [4.69, 9.17) is 0 Å². The van der Waals surface area contributed by atoms with E-state index in [9.17, 15) is 8.42 Å². The smallest absolute Gasteiger partial charge is 0.282 e. The molecule has 8 nitrogen and oxygen atoms in total. The average molecular weight is 371 g/mol. The van der Waals surface area contributed by atoms with Gasteiger partial charge in [0.2, 0.25) is 0 Å². The molecule has 0 saturated carbocycles. The molecule has 1 aromatic rings. The lowest BCUT2D eigenvalue weighted by Crippen LogP contribution is -2.41. The van der Waals surface area contributed by atoms with Gasteiger partial charge in [-0.1, -0.05) is 13.8 Å². The van der Waals surface area contributed by atoms with Gasteiger partial charge >= 0.3 is 0 Å². The molecular weight excluding hydrogens is 340 g/mol. The maximum Gasteiger partial charge on any atom is 0.282 e. The summed E-state index contributed by atoms with van der Waals surface area (Å²) in [4.78, 5) is 9.10. The monoisotopic (exact) mass is 370 g/mol. The molecule has 0 bridgehead atoms. The van der Waals surface area contributed by atoms with Crippen LogP contribution in [0.4, 0.5) is 5.82 Å². The lowest BCUT2D eigenvalue weighted by Gasteiger charge is -2.26. The highest BCUT2D eigenvalue weighted by atomic mass is 32.2. The summed E-state index contributed by atoms with van der Waals surface area (Å²) >= 11 is 0. The van der Waals surface area contributed by atoms with Crippen molar-refractivity contribution < 1.29 is 8.42 Å². The Hall–Kier alpha value is -1.29. The van der Waals surface area contributed by atoms with Crippen LogP contribution >= 0.6 is 0 Å². The zero-order valence-electron chi connectivity index (χ0n) is 15.6. The molecule has 0 aromatic carbocycles. The predicted molar refractivity (Wildman–Crippen MR) is 99.7 cm³/mol. The second-order valence-corrected chi connectivity index (χ2v) is 8.27. The first kappa shape index (κ1) is 20.0. The fourth-order valence-corrected chi connectivity index (χ4v) is 4.38. The number of rotatable bonds is 8. The number of nitrogens with zero attached hydrogens (tertiary/aromatic N) is 4. The molecule has 2 N–H and O–H groups in total. The topological polar surface area (TPSA) is 90.5 Å². The quantitative estimate of drug-likeness (QED) is 0.710. The first-order valence-corrected chi connectivity index (χ1v) is 10.3. The van der Waals surface area contributed by atoms with E-state index in [0.29, 0.717) is 24.8 Å². The van der Waals surface area contributed by atoms with E-state index in [2.05, 4.69) is 20.6 Å². The fraction of sp³-hybridized carbons (Fsp3) is 0.750. The predicted octanol–water partition coefficient (Wildman–Crippen LogP) is 1.00. The van der Waals surface area contributed by atoms with Crippen LogP contribution in [0.15, 0.2) is 6.07 Å². The van der Waals surface area contributed by atoms with E-state index in [1.54, 1.807) is 7.05 Å². The van der Waals surface area contributed by atoms with Crippen LogP contribution in [0.3, 0.4) is 0 Å². The first-order valence-electron chi connectivity index (χ1n) is 8.90. The van der Waals surface area contributed by atoms with Crippen LogP contribution in [0.1, 0.15) is 44.1 Å². The number of anilines is 1. The Balaban J connectivity index is 2.23. The zero-order chi connectivity index (χ0) is 18.4. The van der Waals surface area contributed by atoms with Gasteiger partial charge in [-0.05, 0) is 19.4 Å². The number of aromatic nitrogens is 2. The third-order valence-electron chi connectivity index (χ3n) is 4.55. The van der Waals surface area contributed by atoms with Gasteiger partial charge in [-0.15, -0.1) is 0 Å². The van der Waals surface area contributed by atoms with Crippen LogP contribution in [0, 0.1) is 0 Å². The van der Waals surface area contributed by atoms with Crippen LogP contribution in [0.25, 0.3) is 0 Å². The second-order valence-electron chi connectivity index (χ2n) is 6.24. The minimum absolute atomic E-state index is 0.154. The molecular formula is C16H30N6O2S. The molecule has 1 fully saturated rings. The Morgan fingerprint density at radius 2 is 2.04 bits per heavy atom. The molecule has 1 atom stereocenters. The third kappa shape index (κ3) is 4.87. The van der Waals surface area contributed by atoms with Crippen molar-refractivity contribution in [3.63, 3.8) is 0 Å². The number of piperidine rings is 1. The maximum absolute atomic E-state index is 12.6. The van der Waals surface area contributed by atoms with E-state index < -0.39 is 10.2 Å². The summed E-state index contributed by atoms with van der Waals surface area (Å²) in [7, 11) is -0.118. The minimum Gasteiger partial charge on any atom is -0.373 e. The molecule has 0 amide bonds. The van der Waals surface area contributed by atoms with E-state index in [1.165, 1.54) is 8.61 Å². The van der Waals surface area contributed by atoms with Gasteiger partial charge in [-0.25, -0.2) is 9.97 Å². The average Bonchev–Trinajstić information content (AvgIpc) is 2.62. The van der Waals surface area contributed by atoms with Gasteiger partial charge in [0.25, 0.3) is 10.2 Å². The summed E-state index contributed by atoms with van der Waals surface area (Å²) in [6, 6.07) is 1.96. The summed E-state index contributed by atoms with van der Waals surface area (Å²) < 4.78 is 28.0. The van der Waals surface area contributed by atoms with Crippen LogP contribution in [-0.2, 0) is 16.8 Å². The van der Waals surface area contributed by atoms with Gasteiger partial charge in [0.1, 0.15) is 11.6 Å². The minimum atomic E-state index is -3.50. The Kier molecular flexibility index (Phi) is 7.12. The molecule has 25 heavy (non-hydrogen) atoms. The van der Waals surface area contributed by atoms with E-state index in [-0.39, 0.29) is 6.54 Å². The van der Waals surface area contributed by atoms with Crippen molar-refractivity contribution in [1.29, 1.82) is 0 Å². The van der Waals surface area contributed by atoms with Crippen molar-refractivity contribution >= 4 is 16.0 Å². The molecule has 0 radical (unpaired) electrons. The fourth-order valence-electron chi connectivity index (χ4n) is 3.06. The second kappa shape index (κ2) is 8.88. The summed E-state index contributed by atoms with van der Waals surface area (Å²) in [6.07, 6.45) is 2.20. The van der Waals surface area contributed by atoms with E-state index in [0.717, 1.165) is 37.4 Å². The standard InChI is InChI=1S/C16H30N6O2S/c1-5-22(6-2)25(23,24)21(4)12-16-19-14(10-15(17-3)20-16)13-8-7-9-18-11-13/h10,13,18H,5-9,11-12H2,1-4H3,(H,17,19,20)/t13-/m0/s1. The normalized spacial score (nSPS) is 18.7. The van der Waals surface area contributed by atoms with Gasteiger partial charge in [-0.3, -0.25) is 0 Å². The molecule has 1 aromatic heterocycles. The van der Waals surface area contributed by atoms with Gasteiger partial charge in [0.05, 0.1) is 12.2 Å². The molecule has 0 spiro atoms. The highest BCUT2D eigenvalue weighted by Crippen LogP contribution is 2.23. The van der Waals surface area contributed by atoms with Crippen LogP contribution in [-0.4, -0.2) is 67.3 Å². The molecule has 1 aliphatic rings. The van der Waals surface area contributed by atoms with Crippen LogP contribution in [0.2, 0.25) is 0 Å². The molecule has 1 aliphatic heterocycles. The number of nitrogens with one attached hydrogen (secondary N) is 2. The summed E-state index contributed by atoms with van der Waals surface area (Å²) in [6.45, 7) is 6.65.